The summed E-state index contributed by atoms with van der Waals surface area (Å²) in [5, 5.41) is 9.02. The maximum Gasteiger partial charge on any atom is 0.238 e. The molecule has 27 heavy (non-hydrogen) atoms. The molecule has 0 saturated heterocycles. The van der Waals surface area contributed by atoms with Gasteiger partial charge in [-0.25, -0.2) is 18.5 Å². The van der Waals surface area contributed by atoms with Gasteiger partial charge >= 0.3 is 0 Å². The summed E-state index contributed by atoms with van der Waals surface area (Å²) < 4.78 is 25.0. The van der Waals surface area contributed by atoms with Crippen molar-refractivity contribution in [2.24, 2.45) is 5.14 Å². The maximum atomic E-state index is 12.2. The Morgan fingerprint density at radius 2 is 2.04 bits per heavy atom. The molecular formula is C17H17ClN4O3S2. The highest BCUT2D eigenvalue weighted by Crippen LogP contribution is 2.26. The van der Waals surface area contributed by atoms with Gasteiger partial charge in [-0.3, -0.25) is 4.79 Å². The highest BCUT2D eigenvalue weighted by Gasteiger charge is 2.15. The van der Waals surface area contributed by atoms with Crippen LogP contribution in [0.4, 0.5) is 5.69 Å². The largest absolute Gasteiger partial charge is 0.324 e. The Hall–Kier alpha value is -2.07. The zero-order valence-corrected chi connectivity index (χ0v) is 16.7. The van der Waals surface area contributed by atoms with Crippen molar-refractivity contribution in [1.82, 2.24) is 9.55 Å². The van der Waals surface area contributed by atoms with Crippen LogP contribution >= 0.6 is 23.4 Å². The van der Waals surface area contributed by atoms with Crippen LogP contribution in [0.1, 0.15) is 6.92 Å². The molecule has 3 aromatic rings. The molecule has 1 amide bonds. The summed E-state index contributed by atoms with van der Waals surface area (Å²) in [6.45, 7) is 2.57. The van der Waals surface area contributed by atoms with Crippen molar-refractivity contribution in [1.29, 1.82) is 0 Å². The third-order valence-electron chi connectivity index (χ3n) is 3.81. The van der Waals surface area contributed by atoms with Crippen LogP contribution in [-0.2, 0) is 21.4 Å². The lowest BCUT2D eigenvalue weighted by molar-refractivity contribution is -0.113. The van der Waals surface area contributed by atoms with Crippen LogP contribution in [0.5, 0.6) is 0 Å². The SMILES string of the molecule is CCn1c(SCC(=O)Nc2ccccc2Cl)nc2cc(S(N)(=O)=O)ccc21. The van der Waals surface area contributed by atoms with E-state index in [1.807, 2.05) is 11.5 Å². The Morgan fingerprint density at radius 1 is 1.30 bits per heavy atom. The monoisotopic (exact) mass is 424 g/mol. The number of anilines is 1. The van der Waals surface area contributed by atoms with Gasteiger partial charge in [0.15, 0.2) is 5.16 Å². The molecule has 0 spiro atoms. The number of nitrogens with one attached hydrogen (secondary N) is 1. The molecule has 142 valence electrons. The van der Waals surface area contributed by atoms with Crippen molar-refractivity contribution in [3.8, 4) is 0 Å². The second kappa shape index (κ2) is 7.89. The van der Waals surface area contributed by atoms with Gasteiger partial charge in [0, 0.05) is 6.54 Å². The fourth-order valence-corrected chi connectivity index (χ4v) is 4.15. The van der Waals surface area contributed by atoms with Crippen molar-refractivity contribution in [2.45, 2.75) is 23.5 Å². The smallest absolute Gasteiger partial charge is 0.238 e. The molecule has 0 saturated carbocycles. The van der Waals surface area contributed by atoms with Crippen molar-refractivity contribution in [3.05, 3.63) is 47.5 Å². The summed E-state index contributed by atoms with van der Waals surface area (Å²) >= 11 is 7.30. The quantitative estimate of drug-likeness (QED) is 0.591. The summed E-state index contributed by atoms with van der Waals surface area (Å²) in [5.41, 5.74) is 1.84. The van der Waals surface area contributed by atoms with Gasteiger partial charge in [0.2, 0.25) is 15.9 Å². The van der Waals surface area contributed by atoms with E-state index in [1.165, 1.54) is 23.9 Å². The first-order chi connectivity index (χ1) is 12.8. The molecule has 7 nitrogen and oxygen atoms in total. The predicted octanol–water partition coefficient (Wildman–Crippen LogP) is 3.09. The van der Waals surface area contributed by atoms with Gasteiger partial charge in [0.1, 0.15) is 0 Å². The number of thioether (sulfide) groups is 1. The van der Waals surface area contributed by atoms with E-state index < -0.39 is 10.0 Å². The molecule has 0 radical (unpaired) electrons. The number of amides is 1. The third kappa shape index (κ3) is 4.44. The Bertz CT molecular complexity index is 1110. The third-order valence-corrected chi connectivity index (χ3v) is 6.03. The van der Waals surface area contributed by atoms with E-state index in [1.54, 1.807) is 30.3 Å². The Balaban J connectivity index is 1.80. The minimum Gasteiger partial charge on any atom is -0.324 e. The van der Waals surface area contributed by atoms with Crippen LogP contribution in [0, 0.1) is 0 Å². The van der Waals surface area contributed by atoms with Crippen molar-refractivity contribution < 1.29 is 13.2 Å². The van der Waals surface area contributed by atoms with E-state index in [0.717, 1.165) is 5.52 Å². The van der Waals surface area contributed by atoms with Crippen LogP contribution in [0.3, 0.4) is 0 Å². The molecule has 0 aliphatic carbocycles. The number of nitrogens with zero attached hydrogens (tertiary/aromatic N) is 2. The highest BCUT2D eigenvalue weighted by atomic mass is 35.5. The van der Waals surface area contributed by atoms with E-state index in [9.17, 15) is 13.2 Å². The Labute approximate surface area is 166 Å². The van der Waals surface area contributed by atoms with Crippen molar-refractivity contribution >= 4 is 56.0 Å². The average molecular weight is 425 g/mol. The molecule has 10 heteroatoms. The minimum absolute atomic E-state index is 0.00349. The molecule has 0 fully saturated rings. The number of hydrogen-bond acceptors (Lipinski definition) is 5. The first kappa shape index (κ1) is 19.7. The number of aromatic nitrogens is 2. The molecule has 3 N–H and O–H groups in total. The van der Waals surface area contributed by atoms with E-state index in [0.29, 0.717) is 27.9 Å². The van der Waals surface area contributed by atoms with Gasteiger partial charge < -0.3 is 9.88 Å². The number of hydrogen-bond donors (Lipinski definition) is 2. The molecule has 0 aliphatic heterocycles. The summed E-state index contributed by atoms with van der Waals surface area (Å²) in [6.07, 6.45) is 0. The van der Waals surface area contributed by atoms with Gasteiger partial charge in [0.25, 0.3) is 0 Å². The number of rotatable bonds is 6. The van der Waals surface area contributed by atoms with Gasteiger partial charge in [-0.05, 0) is 37.3 Å². The fraction of sp³-hybridized carbons (Fsp3) is 0.176. The highest BCUT2D eigenvalue weighted by molar-refractivity contribution is 7.99. The predicted molar refractivity (Wildman–Crippen MR) is 108 cm³/mol. The number of para-hydroxylation sites is 1. The first-order valence-electron chi connectivity index (χ1n) is 8.00. The summed E-state index contributed by atoms with van der Waals surface area (Å²) in [6, 6.07) is 11.5. The van der Waals surface area contributed by atoms with Gasteiger partial charge in [-0.2, -0.15) is 0 Å². The molecule has 0 unspecified atom stereocenters. The molecular weight excluding hydrogens is 408 g/mol. The van der Waals surface area contributed by atoms with Crippen molar-refractivity contribution in [3.63, 3.8) is 0 Å². The molecule has 0 bridgehead atoms. The number of fused-ring (bicyclic) bond motifs is 1. The number of sulfonamides is 1. The average Bonchev–Trinajstić information content (AvgIpc) is 2.98. The molecule has 1 heterocycles. The zero-order chi connectivity index (χ0) is 19.6. The number of nitrogens with two attached hydrogens (primary N) is 1. The topological polar surface area (TPSA) is 107 Å². The van der Waals surface area contributed by atoms with Gasteiger partial charge in [0.05, 0.1) is 32.4 Å². The van der Waals surface area contributed by atoms with Crippen LogP contribution in [0.25, 0.3) is 11.0 Å². The fourth-order valence-electron chi connectivity index (χ4n) is 2.56. The second-order valence-corrected chi connectivity index (χ2v) is 8.56. The summed E-state index contributed by atoms with van der Waals surface area (Å²) in [5.74, 6) is -0.0793. The molecule has 1 aromatic heterocycles. The number of benzene rings is 2. The van der Waals surface area contributed by atoms with E-state index >= 15 is 0 Å². The maximum absolute atomic E-state index is 12.2. The number of carbonyl (C=O) groups excluding carboxylic acids is 1. The van der Waals surface area contributed by atoms with E-state index in [2.05, 4.69) is 10.3 Å². The first-order valence-corrected chi connectivity index (χ1v) is 10.9. The van der Waals surface area contributed by atoms with Crippen LogP contribution in [-0.4, -0.2) is 29.6 Å². The number of imidazole rings is 1. The van der Waals surface area contributed by atoms with Crippen molar-refractivity contribution in [2.75, 3.05) is 11.1 Å². The van der Waals surface area contributed by atoms with Crippen LogP contribution < -0.4 is 10.5 Å². The number of aryl methyl sites for hydroxylation is 1. The van der Waals surface area contributed by atoms with Crippen LogP contribution in [0.15, 0.2) is 52.5 Å². The lowest BCUT2D eigenvalue weighted by Gasteiger charge is -2.08. The van der Waals surface area contributed by atoms with Gasteiger partial charge in [-0.1, -0.05) is 35.5 Å². The van der Waals surface area contributed by atoms with Crippen LogP contribution in [0.2, 0.25) is 5.02 Å². The van der Waals surface area contributed by atoms with E-state index in [-0.39, 0.29) is 16.6 Å². The molecule has 0 aliphatic rings. The normalized spacial score (nSPS) is 11.7. The number of halogens is 1. The summed E-state index contributed by atoms with van der Waals surface area (Å²) in [7, 11) is -3.80. The zero-order valence-electron chi connectivity index (χ0n) is 14.3. The lowest BCUT2D eigenvalue weighted by Crippen LogP contribution is -2.14. The molecule has 0 atom stereocenters. The standard InChI is InChI=1S/C17H17ClN4O3S2/c1-2-22-15-8-7-11(27(19,24)25)9-14(15)21-17(22)26-10-16(23)20-13-6-4-3-5-12(13)18/h3-9H,2,10H2,1H3,(H,20,23)(H2,19,24,25). The molecule has 2 aromatic carbocycles. The Kier molecular flexibility index (Phi) is 5.75. The lowest BCUT2D eigenvalue weighted by atomic mass is 10.3. The molecule has 3 rings (SSSR count). The van der Waals surface area contributed by atoms with Gasteiger partial charge in [-0.15, -0.1) is 0 Å². The second-order valence-electron chi connectivity index (χ2n) is 5.65. The number of primary sulfonamides is 1. The number of carbonyl (C=O) groups is 1. The summed E-state index contributed by atoms with van der Waals surface area (Å²) in [4.78, 5) is 16.7. The minimum atomic E-state index is -3.80. The van der Waals surface area contributed by atoms with E-state index in [4.69, 9.17) is 16.7 Å². The Morgan fingerprint density at radius 3 is 2.70 bits per heavy atom.